The van der Waals surface area contributed by atoms with Gasteiger partial charge in [0.1, 0.15) is 12.4 Å². The van der Waals surface area contributed by atoms with Gasteiger partial charge in [-0.25, -0.2) is 9.18 Å². The van der Waals surface area contributed by atoms with Crippen LogP contribution in [0.5, 0.6) is 0 Å². The van der Waals surface area contributed by atoms with Gasteiger partial charge in [0.25, 0.3) is 0 Å². The molecule has 4 rings (SSSR count). The van der Waals surface area contributed by atoms with E-state index in [0.29, 0.717) is 5.56 Å². The highest BCUT2D eigenvalue weighted by atomic mass is 19.1. The highest BCUT2D eigenvalue weighted by molar-refractivity contribution is 5.69. The Labute approximate surface area is 169 Å². The predicted molar refractivity (Wildman–Crippen MR) is 104 cm³/mol. The Morgan fingerprint density at radius 1 is 1.17 bits per heavy atom. The smallest absolute Gasteiger partial charge is 0.410 e. The number of nitriles is 1. The Morgan fingerprint density at radius 3 is 2.48 bits per heavy atom. The standard InChI is InChI=1S/C23H23FN2O3/c24-21-12-16(10-11-25)6-9-20(21)23(28)13-18-7-8-19(14-23)26(18)22(27)29-15-17-4-2-1-3-5-17/h1-6,9,12,18-19,28H,7-8,10,13-15H2. The number of ether oxygens (including phenoxy) is 1. The van der Waals surface area contributed by atoms with Crippen molar-refractivity contribution in [3.05, 3.63) is 71.0 Å². The third kappa shape index (κ3) is 3.83. The first-order valence-corrected chi connectivity index (χ1v) is 9.87. The van der Waals surface area contributed by atoms with Crippen LogP contribution in [0.3, 0.4) is 0 Å². The van der Waals surface area contributed by atoms with Crippen molar-refractivity contribution in [2.24, 2.45) is 0 Å². The molecule has 2 unspecified atom stereocenters. The minimum atomic E-state index is -1.32. The molecule has 2 fully saturated rings. The maximum absolute atomic E-state index is 14.7. The molecule has 2 aliphatic rings. The number of halogens is 1. The topological polar surface area (TPSA) is 73.6 Å². The van der Waals surface area contributed by atoms with Crippen molar-refractivity contribution in [3.8, 4) is 6.07 Å². The second kappa shape index (κ2) is 7.84. The lowest BCUT2D eigenvalue weighted by Crippen LogP contribution is -2.52. The number of aliphatic hydroxyl groups is 1. The molecule has 0 aromatic heterocycles. The average molecular weight is 394 g/mol. The Bertz CT molecular complexity index is 927. The SMILES string of the molecule is N#CCc1ccc(C2(O)CC3CCC(C2)N3C(=O)OCc2ccccc2)c(F)c1. The predicted octanol–water partition coefficient (Wildman–Crippen LogP) is 4.04. The molecule has 0 radical (unpaired) electrons. The van der Waals surface area contributed by atoms with Gasteiger partial charge in [-0.05, 0) is 30.0 Å². The van der Waals surface area contributed by atoms with Gasteiger partial charge in [-0.15, -0.1) is 0 Å². The zero-order valence-electron chi connectivity index (χ0n) is 16.1. The van der Waals surface area contributed by atoms with E-state index in [1.54, 1.807) is 17.0 Å². The largest absolute Gasteiger partial charge is 0.445 e. The van der Waals surface area contributed by atoms with E-state index in [9.17, 15) is 14.3 Å². The second-order valence-electron chi connectivity index (χ2n) is 7.92. The Hall–Kier alpha value is -2.91. The van der Waals surface area contributed by atoms with Crippen LogP contribution in [0.2, 0.25) is 0 Å². The number of fused-ring (bicyclic) bond motifs is 2. The number of amides is 1. The number of benzene rings is 2. The first kappa shape index (κ1) is 19.4. The molecule has 0 saturated carbocycles. The van der Waals surface area contributed by atoms with E-state index in [1.165, 1.54) is 6.07 Å². The molecule has 6 heteroatoms. The second-order valence-corrected chi connectivity index (χ2v) is 7.92. The lowest BCUT2D eigenvalue weighted by atomic mass is 9.80. The molecule has 150 valence electrons. The summed E-state index contributed by atoms with van der Waals surface area (Å²) in [6, 6.07) is 15.7. The molecule has 2 saturated heterocycles. The zero-order valence-corrected chi connectivity index (χ0v) is 16.1. The quantitative estimate of drug-likeness (QED) is 0.849. The van der Waals surface area contributed by atoms with Crippen LogP contribution in [0, 0.1) is 17.1 Å². The molecule has 2 aromatic carbocycles. The molecule has 2 heterocycles. The van der Waals surface area contributed by atoms with Crippen LogP contribution >= 0.6 is 0 Å². The van der Waals surface area contributed by atoms with Gasteiger partial charge in [-0.3, -0.25) is 0 Å². The zero-order chi connectivity index (χ0) is 20.4. The Kier molecular flexibility index (Phi) is 5.25. The van der Waals surface area contributed by atoms with Gasteiger partial charge in [0.15, 0.2) is 0 Å². The van der Waals surface area contributed by atoms with Crippen LogP contribution in [-0.4, -0.2) is 28.2 Å². The average Bonchev–Trinajstić information content (AvgIpc) is 2.99. The molecule has 2 aliphatic heterocycles. The van der Waals surface area contributed by atoms with Crippen LogP contribution in [0.15, 0.2) is 48.5 Å². The summed E-state index contributed by atoms with van der Waals surface area (Å²) in [5, 5.41) is 20.0. The fourth-order valence-corrected chi connectivity index (χ4v) is 4.67. The molecular formula is C23H23FN2O3. The van der Waals surface area contributed by atoms with E-state index in [0.717, 1.165) is 18.4 Å². The maximum atomic E-state index is 14.7. The first-order valence-electron chi connectivity index (χ1n) is 9.87. The normalized spacial score (nSPS) is 25.5. The van der Waals surface area contributed by atoms with Crippen LogP contribution in [0.1, 0.15) is 42.4 Å². The van der Waals surface area contributed by atoms with Gasteiger partial charge >= 0.3 is 6.09 Å². The molecule has 5 nitrogen and oxygen atoms in total. The van der Waals surface area contributed by atoms with E-state index in [4.69, 9.17) is 10.00 Å². The summed E-state index contributed by atoms with van der Waals surface area (Å²) >= 11 is 0. The number of rotatable bonds is 4. The molecule has 0 aliphatic carbocycles. The summed E-state index contributed by atoms with van der Waals surface area (Å²) in [5.41, 5.74) is 0.425. The van der Waals surface area contributed by atoms with Crippen molar-refractivity contribution in [1.82, 2.24) is 4.90 Å². The third-order valence-electron chi connectivity index (χ3n) is 6.00. The Balaban J connectivity index is 1.47. The summed E-state index contributed by atoms with van der Waals surface area (Å²) in [5.74, 6) is -0.500. The van der Waals surface area contributed by atoms with E-state index < -0.39 is 11.4 Å². The number of carbonyl (C=O) groups excluding carboxylic acids is 1. The van der Waals surface area contributed by atoms with E-state index in [2.05, 4.69) is 0 Å². The summed E-state index contributed by atoms with van der Waals surface area (Å²) in [7, 11) is 0. The molecule has 1 N–H and O–H groups in total. The summed E-state index contributed by atoms with van der Waals surface area (Å²) < 4.78 is 20.2. The lowest BCUT2D eigenvalue weighted by molar-refractivity contribution is -0.0556. The van der Waals surface area contributed by atoms with Crippen molar-refractivity contribution >= 4 is 6.09 Å². The van der Waals surface area contributed by atoms with Gasteiger partial charge in [0.2, 0.25) is 0 Å². The summed E-state index contributed by atoms with van der Waals surface area (Å²) in [6.07, 6.45) is 1.83. The molecule has 2 atom stereocenters. The number of piperidine rings is 1. The van der Waals surface area contributed by atoms with E-state index in [1.807, 2.05) is 36.4 Å². The first-order chi connectivity index (χ1) is 14.0. The molecule has 2 bridgehead atoms. The summed E-state index contributed by atoms with van der Waals surface area (Å²) in [6.45, 7) is 0.203. The van der Waals surface area contributed by atoms with E-state index >= 15 is 0 Å². The highest BCUT2D eigenvalue weighted by Crippen LogP contribution is 2.46. The monoisotopic (exact) mass is 394 g/mol. The lowest BCUT2D eigenvalue weighted by Gasteiger charge is -2.43. The van der Waals surface area contributed by atoms with Crippen LogP contribution in [0.25, 0.3) is 0 Å². The van der Waals surface area contributed by atoms with Crippen molar-refractivity contribution in [3.63, 3.8) is 0 Å². The van der Waals surface area contributed by atoms with Crippen LogP contribution in [0.4, 0.5) is 9.18 Å². The maximum Gasteiger partial charge on any atom is 0.410 e. The van der Waals surface area contributed by atoms with Gasteiger partial charge in [-0.2, -0.15) is 5.26 Å². The molecular weight excluding hydrogens is 371 g/mol. The fraction of sp³-hybridized carbons (Fsp3) is 0.391. The number of hydrogen-bond donors (Lipinski definition) is 1. The molecule has 29 heavy (non-hydrogen) atoms. The minimum Gasteiger partial charge on any atom is -0.445 e. The van der Waals surface area contributed by atoms with Crippen LogP contribution < -0.4 is 0 Å². The van der Waals surface area contributed by atoms with Crippen molar-refractivity contribution in [2.75, 3.05) is 0 Å². The van der Waals surface area contributed by atoms with E-state index in [-0.39, 0.29) is 49.6 Å². The van der Waals surface area contributed by atoms with Gasteiger partial charge in [0.05, 0.1) is 18.1 Å². The van der Waals surface area contributed by atoms with Gasteiger partial charge < -0.3 is 14.7 Å². The van der Waals surface area contributed by atoms with Crippen molar-refractivity contribution < 1.29 is 19.0 Å². The third-order valence-corrected chi connectivity index (χ3v) is 6.00. The molecule has 1 amide bonds. The van der Waals surface area contributed by atoms with Crippen molar-refractivity contribution in [2.45, 2.75) is 56.4 Å². The molecule has 0 spiro atoms. The van der Waals surface area contributed by atoms with Gasteiger partial charge in [-0.1, -0.05) is 42.5 Å². The van der Waals surface area contributed by atoms with Gasteiger partial charge in [0, 0.05) is 30.5 Å². The number of hydrogen-bond acceptors (Lipinski definition) is 4. The Morgan fingerprint density at radius 2 is 1.86 bits per heavy atom. The fourth-order valence-electron chi connectivity index (χ4n) is 4.67. The summed E-state index contributed by atoms with van der Waals surface area (Å²) in [4.78, 5) is 14.4. The number of nitrogens with zero attached hydrogens (tertiary/aromatic N) is 2. The highest BCUT2D eigenvalue weighted by Gasteiger charge is 2.51. The minimum absolute atomic E-state index is 0.127. The molecule has 2 aromatic rings. The van der Waals surface area contributed by atoms with Crippen molar-refractivity contribution in [1.29, 1.82) is 5.26 Å². The number of carbonyl (C=O) groups is 1. The van der Waals surface area contributed by atoms with Crippen LogP contribution in [-0.2, 0) is 23.4 Å².